The molecule has 1 aliphatic carbocycles. The van der Waals surface area contributed by atoms with Crippen molar-refractivity contribution in [2.24, 2.45) is 5.92 Å². The molecule has 2 amide bonds. The first-order valence-corrected chi connectivity index (χ1v) is 14.3. The molecule has 0 radical (unpaired) electrons. The molecule has 0 spiro atoms. The Kier molecular flexibility index (Phi) is 7.81. The van der Waals surface area contributed by atoms with E-state index >= 15 is 0 Å². The highest BCUT2D eigenvalue weighted by molar-refractivity contribution is 8.00. The van der Waals surface area contributed by atoms with Gasteiger partial charge in [0.1, 0.15) is 5.00 Å². The van der Waals surface area contributed by atoms with E-state index < -0.39 is 5.97 Å². The highest BCUT2D eigenvalue weighted by Crippen LogP contribution is 2.40. The van der Waals surface area contributed by atoms with Crippen molar-refractivity contribution in [3.8, 4) is 0 Å². The second-order valence-electron chi connectivity index (χ2n) is 9.43. The largest absolute Gasteiger partial charge is 0.465 e. The maximum atomic E-state index is 12.8. The van der Waals surface area contributed by atoms with E-state index in [1.54, 1.807) is 0 Å². The zero-order valence-corrected chi connectivity index (χ0v) is 22.8. The Hall–Kier alpha value is -3.62. The molecule has 38 heavy (non-hydrogen) atoms. The van der Waals surface area contributed by atoms with Crippen molar-refractivity contribution in [2.75, 3.05) is 23.5 Å². The number of thiophene rings is 1. The van der Waals surface area contributed by atoms with Crippen molar-refractivity contribution in [1.29, 1.82) is 0 Å². The Morgan fingerprint density at radius 1 is 1.00 bits per heavy atom. The molecule has 1 aliphatic rings. The van der Waals surface area contributed by atoms with E-state index in [0.29, 0.717) is 27.7 Å². The SMILES string of the molecule is COC(=O)c1c(NC(=O)CSc2cccc(NC(=O)c3ccc4ccccc4c3)c2)sc2c1CCC(C)C2. The molecule has 0 fully saturated rings. The highest BCUT2D eigenvalue weighted by Gasteiger charge is 2.28. The van der Waals surface area contributed by atoms with Crippen LogP contribution in [0.1, 0.15) is 44.5 Å². The molecule has 1 aromatic heterocycles. The van der Waals surface area contributed by atoms with Crippen LogP contribution in [0.4, 0.5) is 10.7 Å². The number of hydrogen-bond acceptors (Lipinski definition) is 6. The number of carbonyl (C=O) groups is 3. The Morgan fingerprint density at radius 3 is 2.63 bits per heavy atom. The molecule has 4 aromatic rings. The summed E-state index contributed by atoms with van der Waals surface area (Å²) in [4.78, 5) is 40.2. The lowest BCUT2D eigenvalue weighted by Crippen LogP contribution is -2.17. The number of benzene rings is 3. The standard InChI is InChI=1S/C30H28N2O4S2/c1-18-10-13-24-25(14-18)38-29(27(24)30(35)36-2)32-26(33)17-37-23-9-5-8-22(16-23)31-28(34)21-12-11-19-6-3-4-7-20(19)15-21/h3-9,11-12,15-16,18H,10,13-14,17H2,1-2H3,(H,31,34)(H,32,33). The number of thioether (sulfide) groups is 1. The summed E-state index contributed by atoms with van der Waals surface area (Å²) in [5.41, 5.74) is 2.74. The third-order valence-electron chi connectivity index (χ3n) is 6.63. The number of amides is 2. The quantitative estimate of drug-likeness (QED) is 0.198. The van der Waals surface area contributed by atoms with Crippen LogP contribution in [0.2, 0.25) is 0 Å². The molecular formula is C30H28N2O4S2. The van der Waals surface area contributed by atoms with Gasteiger partial charge in [0, 0.05) is 21.0 Å². The Balaban J connectivity index is 1.23. The van der Waals surface area contributed by atoms with E-state index in [4.69, 9.17) is 4.74 Å². The summed E-state index contributed by atoms with van der Waals surface area (Å²) in [5.74, 6) is -0.0734. The first-order chi connectivity index (χ1) is 18.4. The molecule has 0 saturated heterocycles. The van der Waals surface area contributed by atoms with E-state index in [-0.39, 0.29) is 17.6 Å². The molecule has 1 atom stereocenters. The first kappa shape index (κ1) is 26.0. The monoisotopic (exact) mass is 544 g/mol. The maximum absolute atomic E-state index is 12.8. The molecule has 0 saturated carbocycles. The minimum absolute atomic E-state index is 0.168. The number of anilines is 2. The fourth-order valence-electron chi connectivity index (χ4n) is 4.67. The third-order valence-corrected chi connectivity index (χ3v) is 8.79. The summed E-state index contributed by atoms with van der Waals surface area (Å²) in [5, 5.41) is 8.54. The number of esters is 1. The lowest BCUT2D eigenvalue weighted by molar-refractivity contribution is -0.113. The van der Waals surface area contributed by atoms with Gasteiger partial charge in [-0.25, -0.2) is 4.79 Å². The van der Waals surface area contributed by atoms with Crippen LogP contribution in [0.15, 0.2) is 71.6 Å². The molecule has 0 aliphatic heterocycles. The molecular weight excluding hydrogens is 516 g/mol. The number of rotatable bonds is 7. The number of methoxy groups -OCH3 is 1. The molecule has 8 heteroatoms. The van der Waals surface area contributed by atoms with Crippen molar-refractivity contribution in [3.05, 3.63) is 88.3 Å². The smallest absolute Gasteiger partial charge is 0.341 e. The van der Waals surface area contributed by atoms with Crippen LogP contribution in [0, 0.1) is 5.92 Å². The van der Waals surface area contributed by atoms with Gasteiger partial charge in [-0.3, -0.25) is 9.59 Å². The lowest BCUT2D eigenvalue weighted by atomic mass is 9.88. The summed E-state index contributed by atoms with van der Waals surface area (Å²) in [6.45, 7) is 2.20. The zero-order chi connectivity index (χ0) is 26.6. The predicted molar refractivity (Wildman–Crippen MR) is 155 cm³/mol. The third kappa shape index (κ3) is 5.76. The summed E-state index contributed by atoms with van der Waals surface area (Å²) < 4.78 is 5.01. The van der Waals surface area contributed by atoms with Gasteiger partial charge in [0.2, 0.25) is 5.91 Å². The van der Waals surface area contributed by atoms with E-state index in [1.165, 1.54) is 30.2 Å². The Labute approximate surface area is 229 Å². The fraction of sp³-hybridized carbons (Fsp3) is 0.233. The zero-order valence-electron chi connectivity index (χ0n) is 21.2. The molecule has 3 aromatic carbocycles. The van der Waals surface area contributed by atoms with Crippen LogP contribution < -0.4 is 10.6 Å². The van der Waals surface area contributed by atoms with Gasteiger partial charge in [0.15, 0.2) is 0 Å². The fourth-order valence-corrected chi connectivity index (χ4v) is 6.84. The van der Waals surface area contributed by atoms with Gasteiger partial charge in [0.05, 0.1) is 18.4 Å². The van der Waals surface area contributed by atoms with Crippen LogP contribution >= 0.6 is 23.1 Å². The van der Waals surface area contributed by atoms with Crippen molar-refractivity contribution in [3.63, 3.8) is 0 Å². The van der Waals surface area contributed by atoms with Gasteiger partial charge in [0.25, 0.3) is 5.91 Å². The van der Waals surface area contributed by atoms with Gasteiger partial charge in [-0.05, 0) is 71.8 Å². The lowest BCUT2D eigenvalue weighted by Gasteiger charge is -2.18. The number of nitrogens with one attached hydrogen (secondary N) is 2. The van der Waals surface area contributed by atoms with Crippen LogP contribution in [-0.2, 0) is 22.4 Å². The molecule has 5 rings (SSSR count). The van der Waals surface area contributed by atoms with Crippen molar-refractivity contribution in [1.82, 2.24) is 0 Å². The van der Waals surface area contributed by atoms with E-state index in [9.17, 15) is 14.4 Å². The normalized spacial score (nSPS) is 14.5. The average molecular weight is 545 g/mol. The highest BCUT2D eigenvalue weighted by atomic mass is 32.2. The topological polar surface area (TPSA) is 84.5 Å². The van der Waals surface area contributed by atoms with E-state index in [0.717, 1.165) is 45.4 Å². The average Bonchev–Trinajstić information content (AvgIpc) is 3.28. The van der Waals surface area contributed by atoms with Crippen molar-refractivity contribution >= 4 is 62.3 Å². The number of fused-ring (bicyclic) bond motifs is 2. The Bertz CT molecular complexity index is 1530. The second-order valence-corrected chi connectivity index (χ2v) is 11.6. The van der Waals surface area contributed by atoms with Crippen LogP contribution in [0.5, 0.6) is 0 Å². The first-order valence-electron chi connectivity index (χ1n) is 12.5. The number of hydrogen-bond donors (Lipinski definition) is 2. The van der Waals surface area contributed by atoms with Gasteiger partial charge in [-0.15, -0.1) is 23.1 Å². The Morgan fingerprint density at radius 2 is 1.82 bits per heavy atom. The molecule has 1 heterocycles. The van der Waals surface area contributed by atoms with Gasteiger partial charge in [-0.2, -0.15) is 0 Å². The summed E-state index contributed by atoms with van der Waals surface area (Å²) in [6, 6.07) is 20.9. The maximum Gasteiger partial charge on any atom is 0.341 e. The summed E-state index contributed by atoms with van der Waals surface area (Å²) in [7, 11) is 1.37. The molecule has 6 nitrogen and oxygen atoms in total. The van der Waals surface area contributed by atoms with E-state index in [1.807, 2.05) is 66.7 Å². The number of carbonyl (C=O) groups excluding carboxylic acids is 3. The van der Waals surface area contributed by atoms with E-state index in [2.05, 4.69) is 17.6 Å². The van der Waals surface area contributed by atoms with Gasteiger partial charge >= 0.3 is 5.97 Å². The van der Waals surface area contributed by atoms with Crippen LogP contribution in [0.25, 0.3) is 10.8 Å². The predicted octanol–water partition coefficient (Wildman–Crippen LogP) is 6.80. The molecule has 2 N–H and O–H groups in total. The van der Waals surface area contributed by atoms with Gasteiger partial charge < -0.3 is 15.4 Å². The molecule has 194 valence electrons. The van der Waals surface area contributed by atoms with Crippen molar-refractivity contribution in [2.45, 2.75) is 31.1 Å². The van der Waals surface area contributed by atoms with Crippen molar-refractivity contribution < 1.29 is 19.1 Å². The summed E-state index contributed by atoms with van der Waals surface area (Å²) >= 11 is 2.84. The van der Waals surface area contributed by atoms with Gasteiger partial charge in [-0.1, -0.05) is 43.3 Å². The van der Waals surface area contributed by atoms with Crippen LogP contribution in [0.3, 0.4) is 0 Å². The molecule has 0 bridgehead atoms. The summed E-state index contributed by atoms with van der Waals surface area (Å²) in [6.07, 6.45) is 2.75. The number of ether oxygens (including phenoxy) is 1. The minimum atomic E-state index is -0.408. The minimum Gasteiger partial charge on any atom is -0.465 e. The van der Waals surface area contributed by atoms with Crippen LogP contribution in [-0.4, -0.2) is 30.6 Å². The second kappa shape index (κ2) is 11.4. The molecule has 1 unspecified atom stereocenters.